The molecule has 83 heavy (non-hydrogen) atoms. The van der Waals surface area contributed by atoms with Crippen molar-refractivity contribution in [2.24, 2.45) is 56.4 Å². The topological polar surface area (TPSA) is 382 Å². The van der Waals surface area contributed by atoms with Crippen molar-refractivity contribution < 1.29 is 29.0 Å². The smallest absolute Gasteiger partial charge is 0.369 e. The summed E-state index contributed by atoms with van der Waals surface area (Å²) < 4.78 is 81.4. The van der Waals surface area contributed by atoms with Gasteiger partial charge in [0.05, 0.1) is 16.1 Å². The van der Waals surface area contributed by atoms with E-state index in [1.807, 2.05) is 6.07 Å². The molecule has 0 bridgehead atoms. The van der Waals surface area contributed by atoms with E-state index in [1.54, 1.807) is 78.7 Å². The van der Waals surface area contributed by atoms with Crippen LogP contribution in [0.25, 0.3) is 23.3 Å². The van der Waals surface area contributed by atoms with E-state index in [9.17, 15) is 23.6 Å². The van der Waals surface area contributed by atoms with Crippen molar-refractivity contribution in [3.8, 4) is 46.8 Å². The Labute approximate surface area is 482 Å². The third-order valence-corrected chi connectivity index (χ3v) is 12.6. The zero-order chi connectivity index (χ0) is 62.5. The van der Waals surface area contributed by atoms with Gasteiger partial charge in [0.25, 0.3) is 0 Å². The van der Waals surface area contributed by atoms with Gasteiger partial charge in [-0.25, -0.2) is 23.6 Å². The Morgan fingerprint density at radius 2 is 0.819 bits per heavy atom. The van der Waals surface area contributed by atoms with E-state index in [1.165, 1.54) is 79.2 Å². The first-order chi connectivity index (χ1) is 41.5. The molecule has 12 aromatic rings. The van der Waals surface area contributed by atoms with E-state index >= 15 is 0 Å². The number of nitrogens with zero attached hydrogens (tertiary/aromatic N) is 24. The van der Waals surface area contributed by atoms with Gasteiger partial charge in [0.1, 0.15) is 49.7 Å². The van der Waals surface area contributed by atoms with Crippen LogP contribution >= 0.6 is 27.5 Å². The Hall–Kier alpha value is -10.7. The molecular weight excluding hydrogens is 1180 g/mol. The number of hydrogen-bond donors (Lipinski definition) is 4. The van der Waals surface area contributed by atoms with Crippen LogP contribution in [-0.4, -0.2) is 138 Å². The molecule has 0 saturated carbocycles. The van der Waals surface area contributed by atoms with E-state index in [0.717, 1.165) is 64.1 Å². The van der Waals surface area contributed by atoms with Gasteiger partial charge in [0.2, 0.25) is 23.5 Å². The molecule has 0 aliphatic heterocycles. The number of aryl methyl sites for hydroxylation is 8. The molecule has 36 nitrogen and oxygen atoms in total. The highest BCUT2D eigenvalue weighted by Crippen LogP contribution is 2.27. The second-order valence-electron chi connectivity index (χ2n) is 17.3. The number of rotatable bonds is 16. The summed E-state index contributed by atoms with van der Waals surface area (Å²) in [5.41, 5.74) is 0.617. The Morgan fingerprint density at radius 1 is 0.470 bits per heavy atom. The number of halogens is 3. The fraction of sp³-hybridized carbons (Fsp3) is 0.273. The Bertz CT molecular complexity index is 4270. The number of nitrogens with one attached hydrogen (secondary N) is 4. The van der Waals surface area contributed by atoms with E-state index in [4.69, 9.17) is 36.2 Å². The van der Waals surface area contributed by atoms with Crippen LogP contribution in [0.1, 0.15) is 22.3 Å². The van der Waals surface area contributed by atoms with Gasteiger partial charge in [0.15, 0.2) is 11.5 Å². The third-order valence-electron chi connectivity index (χ3n) is 11.6. The third kappa shape index (κ3) is 12.4. The average Bonchev–Trinajstić information content (AvgIpc) is 1.89. The van der Waals surface area contributed by atoms with Crippen LogP contribution in [0.4, 0.5) is 4.39 Å². The molecule has 0 aliphatic carbocycles. The van der Waals surface area contributed by atoms with Crippen molar-refractivity contribution in [3.63, 3.8) is 0 Å². The van der Waals surface area contributed by atoms with Crippen LogP contribution in [0.5, 0.6) is 23.5 Å². The molecule has 0 aromatic carbocycles. The summed E-state index contributed by atoms with van der Waals surface area (Å²) in [6, 6.07) is 8.02. The summed E-state index contributed by atoms with van der Waals surface area (Å²) in [7, 11) is 12.9. The van der Waals surface area contributed by atoms with E-state index in [-0.39, 0.29) is 60.9 Å². The number of ether oxygens (including phenoxy) is 4. The van der Waals surface area contributed by atoms with Gasteiger partial charge in [-0.2, -0.15) is 18.7 Å². The number of H-pyrrole nitrogens is 4. The lowest BCUT2D eigenvalue weighted by Gasteiger charge is -2.06. The Morgan fingerprint density at radius 3 is 1.22 bits per heavy atom. The van der Waals surface area contributed by atoms with Crippen molar-refractivity contribution in [1.29, 1.82) is 0 Å². The normalized spacial score (nSPS) is 11.7. The van der Waals surface area contributed by atoms with Gasteiger partial charge >= 0.3 is 22.8 Å². The molecule has 0 fully saturated rings. The first kappa shape index (κ1) is 51.8. The highest BCUT2D eigenvalue weighted by atomic mass is 79.9. The molecule has 0 saturated heterocycles. The summed E-state index contributed by atoms with van der Waals surface area (Å²) in [6.07, 6.45) is 12.2. The summed E-state index contributed by atoms with van der Waals surface area (Å²) in [4.78, 5) is 48.0. The molecule has 12 heterocycles. The molecule has 434 valence electrons. The van der Waals surface area contributed by atoms with Crippen molar-refractivity contribution in [2.45, 2.75) is 26.4 Å². The standard InChI is InChI=1S/C11H12BrN7O2.C11H12ClN7O2.C11H12FN7O2.C11H13N7O2/c3*1-17-5-8(12)7(6-21-9-3-4-13-14-9)10(17)19-11(20)18(2)15-16-19;1-16-6-4-8(7-20-9-3-5-12-13-9)10(16)18-11(19)17(2)14-15-18/h3*3-5H,6H2,1-2H3,(H,13,14);3-6H,7H2,1-2H3,(H,12,13)/i/hT4. The van der Waals surface area contributed by atoms with Crippen LogP contribution < -0.4 is 41.7 Å². The molecule has 0 unspecified atom stereocenters. The van der Waals surface area contributed by atoms with Gasteiger partial charge in [-0.3, -0.25) is 20.4 Å². The zero-order valence-electron chi connectivity index (χ0n) is 48.8. The minimum atomic E-state index is -0.541. The average molecular weight is 1240 g/mol. The number of aromatic amines is 4. The number of hydrogen-bond acceptors (Lipinski definition) is 20. The van der Waals surface area contributed by atoms with Gasteiger partial charge in [-0.05, 0) is 63.7 Å². The Kier molecular flexibility index (Phi) is 15.5. The maximum atomic E-state index is 14.1. The van der Waals surface area contributed by atoms with Crippen molar-refractivity contribution >= 4 is 27.5 Å². The zero-order valence-corrected chi connectivity index (χ0v) is 47.1. The molecule has 4 N–H and O–H groups in total. The van der Waals surface area contributed by atoms with Crippen molar-refractivity contribution in [1.82, 2.24) is 138 Å². The van der Waals surface area contributed by atoms with Gasteiger partial charge in [-0.1, -0.05) is 11.6 Å². The van der Waals surface area contributed by atoms with Crippen LogP contribution in [0.2, 0.25) is 10.7 Å². The molecule has 0 amide bonds. The molecule has 12 aromatic heterocycles. The maximum absolute atomic E-state index is 14.1. The fourth-order valence-electron chi connectivity index (χ4n) is 7.66. The molecule has 0 atom stereocenters. The van der Waals surface area contributed by atoms with Crippen LogP contribution in [0.15, 0.2) is 104 Å². The molecule has 39 heteroatoms. The molecule has 0 aliphatic rings. The lowest BCUT2D eigenvalue weighted by Crippen LogP contribution is -2.24. The molecule has 12 rings (SSSR count). The van der Waals surface area contributed by atoms with Crippen LogP contribution in [-0.2, 0) is 82.8 Å². The number of tetrazole rings is 4. The molecular formula is C44H49BrClFN28O8. The van der Waals surface area contributed by atoms with Crippen molar-refractivity contribution in [2.75, 3.05) is 0 Å². The maximum Gasteiger partial charge on any atom is 0.369 e. The first-order valence-electron chi connectivity index (χ1n) is 25.6. The summed E-state index contributed by atoms with van der Waals surface area (Å²) in [6.45, 7) is 0.282. The first-order valence-corrected chi connectivity index (χ1v) is 25.0. The van der Waals surface area contributed by atoms with E-state index < -0.39 is 17.2 Å². The lowest BCUT2D eigenvalue weighted by molar-refractivity contribution is 0.287. The Balaban J connectivity index is 0.000000138. The van der Waals surface area contributed by atoms with Crippen LogP contribution in [0, 0.1) is 5.82 Å². The number of aromatic nitrogens is 28. The minimum absolute atomic E-state index is 0.0784. The van der Waals surface area contributed by atoms with E-state index in [0.29, 0.717) is 39.8 Å². The highest BCUT2D eigenvalue weighted by molar-refractivity contribution is 9.10. The molecule has 0 radical (unpaired) electrons. The van der Waals surface area contributed by atoms with Crippen LogP contribution in [0.3, 0.4) is 0 Å². The second-order valence-corrected chi connectivity index (χ2v) is 18.5. The molecule has 0 spiro atoms. The monoisotopic (exact) mass is 1240 g/mol. The summed E-state index contributed by atoms with van der Waals surface area (Å²) in [5, 5.41) is 49.0. The lowest BCUT2D eigenvalue weighted by atomic mass is 10.3. The summed E-state index contributed by atoms with van der Waals surface area (Å²) >= 11 is 9.64. The SMILES string of the molecule is [3H]n1ccc(OCc2c(Br)cn(C)c2-n2nnn(C)c2=O)n1.[3H]n1ccc(OCc2c(Cl)cn(C)c2-n2nnn(C)c2=O)n1.[3H]n1ccc(OCc2c(F)cn(C)c2-n2nnn(C)c2=O)n1.[3H]n1ccc(OCc2ccn(C)c2-n2nnn(C)c2=O)n1. The predicted molar refractivity (Wildman–Crippen MR) is 287 cm³/mol. The fourth-order valence-corrected chi connectivity index (χ4v) is 8.54. The van der Waals surface area contributed by atoms with Gasteiger partial charge in [-0.15, -0.1) is 39.1 Å². The largest absolute Gasteiger partial charge is 0.472 e. The van der Waals surface area contributed by atoms with Gasteiger partial charge < -0.3 is 37.2 Å². The highest BCUT2D eigenvalue weighted by Gasteiger charge is 2.23. The minimum Gasteiger partial charge on any atom is -0.472 e. The quantitative estimate of drug-likeness (QED) is 0.0987. The summed E-state index contributed by atoms with van der Waals surface area (Å²) in [5.74, 6) is 2.40. The van der Waals surface area contributed by atoms with Crippen molar-refractivity contribution in [3.05, 3.63) is 159 Å². The van der Waals surface area contributed by atoms with Gasteiger partial charge in [0, 0.05) is 146 Å². The second kappa shape index (κ2) is 24.8. The predicted octanol–water partition coefficient (Wildman–Crippen LogP) is -0.0186. The van der Waals surface area contributed by atoms with E-state index in [2.05, 4.69) is 78.0 Å².